The molecule has 5 heteroatoms. The molecular weight excluding hydrogens is 228 g/mol. The number of carbonyl (C=O) groups excluding carboxylic acids is 1. The topological polar surface area (TPSA) is 50.2 Å². The molecule has 2 fully saturated rings. The van der Waals surface area contributed by atoms with Gasteiger partial charge in [0.2, 0.25) is 5.91 Å². The van der Waals surface area contributed by atoms with E-state index in [1.54, 1.807) is 0 Å². The van der Waals surface area contributed by atoms with Crippen LogP contribution in [0.5, 0.6) is 0 Å². The second-order valence-electron chi connectivity index (χ2n) is 5.46. The summed E-state index contributed by atoms with van der Waals surface area (Å²) in [6.45, 7) is 7.06. The summed E-state index contributed by atoms with van der Waals surface area (Å²) in [6, 6.07) is 2.64. The third-order valence-corrected chi connectivity index (χ3v) is 3.97. The van der Waals surface area contributed by atoms with Gasteiger partial charge in [-0.25, -0.2) is 0 Å². The highest BCUT2D eigenvalue weighted by atomic mass is 16.2. The van der Waals surface area contributed by atoms with Crippen LogP contribution in [0.15, 0.2) is 6.07 Å². The Hall–Kier alpha value is -1.36. The van der Waals surface area contributed by atoms with Gasteiger partial charge in [0.25, 0.3) is 0 Å². The van der Waals surface area contributed by atoms with E-state index in [0.717, 1.165) is 38.2 Å². The Kier molecular flexibility index (Phi) is 2.86. The number of fused-ring (bicyclic) bond motifs is 2. The largest absolute Gasteiger partial charge is 0.351 e. The zero-order valence-corrected chi connectivity index (χ0v) is 11.0. The number of rotatable bonds is 4. The molecule has 98 valence electrons. The van der Waals surface area contributed by atoms with Gasteiger partial charge < -0.3 is 5.32 Å². The average molecular weight is 248 g/mol. The molecule has 2 atom stereocenters. The smallest absolute Gasteiger partial charge is 0.237 e. The molecule has 2 aliphatic rings. The first-order valence-corrected chi connectivity index (χ1v) is 6.69. The van der Waals surface area contributed by atoms with Crippen LogP contribution in [-0.4, -0.2) is 45.8 Å². The van der Waals surface area contributed by atoms with Gasteiger partial charge in [0, 0.05) is 31.4 Å². The van der Waals surface area contributed by atoms with E-state index in [9.17, 15) is 4.79 Å². The molecule has 1 aromatic rings. The summed E-state index contributed by atoms with van der Waals surface area (Å²) < 4.78 is 2.06. The van der Waals surface area contributed by atoms with Crippen molar-refractivity contribution in [2.75, 3.05) is 13.1 Å². The molecule has 1 amide bonds. The van der Waals surface area contributed by atoms with Crippen LogP contribution < -0.4 is 5.32 Å². The molecule has 0 aromatic carbocycles. The Morgan fingerprint density at radius 3 is 2.89 bits per heavy atom. The number of piperazine rings is 1. The molecule has 0 radical (unpaired) electrons. The second-order valence-corrected chi connectivity index (χ2v) is 5.46. The lowest BCUT2D eigenvalue weighted by Crippen LogP contribution is -2.48. The van der Waals surface area contributed by atoms with E-state index in [1.807, 2.05) is 6.92 Å². The molecule has 18 heavy (non-hydrogen) atoms. The molecular formula is C13H20N4O. The number of aryl methyl sites for hydroxylation is 3. The zero-order valence-electron chi connectivity index (χ0n) is 11.0. The summed E-state index contributed by atoms with van der Waals surface area (Å²) in [6.07, 6.45) is 2.05. The summed E-state index contributed by atoms with van der Waals surface area (Å²) in [5, 5.41) is 7.46. The van der Waals surface area contributed by atoms with Gasteiger partial charge in [-0.2, -0.15) is 5.10 Å². The molecule has 2 bridgehead atoms. The molecule has 0 spiro atoms. The number of amides is 1. The Labute approximate surface area is 107 Å². The average Bonchev–Trinajstić information content (AvgIpc) is 2.93. The van der Waals surface area contributed by atoms with Crippen molar-refractivity contribution in [1.29, 1.82) is 0 Å². The first-order valence-electron chi connectivity index (χ1n) is 6.69. The molecule has 1 N–H and O–H groups in total. The van der Waals surface area contributed by atoms with Crippen LogP contribution in [0, 0.1) is 13.8 Å². The van der Waals surface area contributed by atoms with Crippen LogP contribution in [0.25, 0.3) is 0 Å². The van der Waals surface area contributed by atoms with Crippen LogP contribution in [0.4, 0.5) is 0 Å². The van der Waals surface area contributed by atoms with Crippen molar-refractivity contribution < 1.29 is 4.79 Å². The van der Waals surface area contributed by atoms with Crippen molar-refractivity contribution >= 4 is 5.91 Å². The minimum absolute atomic E-state index is 0.135. The fourth-order valence-corrected chi connectivity index (χ4v) is 3.15. The predicted octanol–water partition coefficient (Wildman–Crippen LogP) is 0.463. The van der Waals surface area contributed by atoms with Gasteiger partial charge in [0.05, 0.1) is 11.7 Å². The summed E-state index contributed by atoms with van der Waals surface area (Å²) in [7, 11) is 0. The van der Waals surface area contributed by atoms with Gasteiger partial charge in [-0.1, -0.05) is 0 Å². The van der Waals surface area contributed by atoms with Crippen molar-refractivity contribution in [3.8, 4) is 0 Å². The van der Waals surface area contributed by atoms with E-state index in [0.29, 0.717) is 6.04 Å². The number of carbonyl (C=O) groups is 1. The lowest BCUT2D eigenvalue weighted by atomic mass is 10.2. The highest BCUT2D eigenvalue weighted by Crippen LogP contribution is 2.24. The lowest BCUT2D eigenvalue weighted by Gasteiger charge is -2.26. The normalized spacial score (nSPS) is 26.9. The molecule has 0 saturated carbocycles. The van der Waals surface area contributed by atoms with Crippen molar-refractivity contribution in [2.24, 2.45) is 0 Å². The van der Waals surface area contributed by atoms with Crippen LogP contribution in [0.3, 0.4) is 0 Å². The van der Waals surface area contributed by atoms with Gasteiger partial charge in [-0.3, -0.25) is 14.4 Å². The SMILES string of the molecule is Cc1cc(C)n(CCCN2C[C@@H]3C[C@H]2C(=O)N3)n1. The van der Waals surface area contributed by atoms with Crippen molar-refractivity contribution in [2.45, 2.75) is 45.3 Å². The highest BCUT2D eigenvalue weighted by molar-refractivity contribution is 5.85. The van der Waals surface area contributed by atoms with Crippen molar-refractivity contribution in [1.82, 2.24) is 20.0 Å². The number of aromatic nitrogens is 2. The van der Waals surface area contributed by atoms with E-state index in [2.05, 4.69) is 33.0 Å². The Bertz CT molecular complexity index is 468. The zero-order chi connectivity index (χ0) is 12.7. The van der Waals surface area contributed by atoms with Crippen molar-refractivity contribution in [3.63, 3.8) is 0 Å². The maximum Gasteiger partial charge on any atom is 0.237 e. The third kappa shape index (κ3) is 2.03. The van der Waals surface area contributed by atoms with Gasteiger partial charge in [0.15, 0.2) is 0 Å². The summed E-state index contributed by atoms with van der Waals surface area (Å²) in [5.74, 6) is 0.220. The fraction of sp³-hybridized carbons (Fsp3) is 0.692. The quantitative estimate of drug-likeness (QED) is 0.842. The number of hydrogen-bond donors (Lipinski definition) is 1. The minimum Gasteiger partial charge on any atom is -0.351 e. The van der Waals surface area contributed by atoms with Gasteiger partial charge in [-0.05, 0) is 32.8 Å². The Morgan fingerprint density at radius 2 is 2.28 bits per heavy atom. The van der Waals surface area contributed by atoms with Crippen LogP contribution in [0.2, 0.25) is 0 Å². The Morgan fingerprint density at radius 1 is 1.44 bits per heavy atom. The van der Waals surface area contributed by atoms with E-state index in [1.165, 1.54) is 5.69 Å². The van der Waals surface area contributed by atoms with Crippen molar-refractivity contribution in [3.05, 3.63) is 17.5 Å². The maximum atomic E-state index is 11.6. The van der Waals surface area contributed by atoms with Gasteiger partial charge in [-0.15, -0.1) is 0 Å². The van der Waals surface area contributed by atoms with Gasteiger partial charge in [0.1, 0.15) is 0 Å². The molecule has 0 aliphatic carbocycles. The van der Waals surface area contributed by atoms with Crippen LogP contribution in [0.1, 0.15) is 24.2 Å². The van der Waals surface area contributed by atoms with E-state index < -0.39 is 0 Å². The first kappa shape index (κ1) is 11.7. The van der Waals surface area contributed by atoms with E-state index in [-0.39, 0.29) is 11.9 Å². The molecule has 3 rings (SSSR count). The molecule has 2 saturated heterocycles. The Balaban J connectivity index is 1.51. The van der Waals surface area contributed by atoms with Crippen LogP contribution in [-0.2, 0) is 11.3 Å². The standard InChI is InChI=1S/C13H20N4O/c1-9-6-10(2)17(15-9)5-3-4-16-8-11-7-12(16)13(18)14-11/h6,11-12H,3-5,7-8H2,1-2H3,(H,14,18)/t11-,12-/m0/s1. The fourth-order valence-electron chi connectivity index (χ4n) is 3.15. The minimum atomic E-state index is 0.135. The summed E-state index contributed by atoms with van der Waals surface area (Å²) in [4.78, 5) is 13.9. The third-order valence-electron chi connectivity index (χ3n) is 3.97. The first-order chi connectivity index (χ1) is 8.63. The molecule has 3 heterocycles. The van der Waals surface area contributed by atoms with Crippen LogP contribution >= 0.6 is 0 Å². The monoisotopic (exact) mass is 248 g/mol. The maximum absolute atomic E-state index is 11.6. The number of nitrogens with one attached hydrogen (secondary N) is 1. The number of hydrogen-bond acceptors (Lipinski definition) is 3. The molecule has 2 aliphatic heterocycles. The lowest BCUT2D eigenvalue weighted by molar-refractivity contribution is -0.125. The number of likely N-dealkylation sites (tertiary alicyclic amines) is 1. The highest BCUT2D eigenvalue weighted by Gasteiger charge is 2.43. The van der Waals surface area contributed by atoms with Gasteiger partial charge >= 0.3 is 0 Å². The summed E-state index contributed by atoms with van der Waals surface area (Å²) in [5.41, 5.74) is 2.29. The molecule has 0 unspecified atom stereocenters. The predicted molar refractivity (Wildman–Crippen MR) is 68.2 cm³/mol. The summed E-state index contributed by atoms with van der Waals surface area (Å²) >= 11 is 0. The molecule has 1 aromatic heterocycles. The second kappa shape index (κ2) is 4.39. The van der Waals surface area contributed by atoms with E-state index in [4.69, 9.17) is 0 Å². The van der Waals surface area contributed by atoms with E-state index >= 15 is 0 Å². The number of nitrogens with zero attached hydrogens (tertiary/aromatic N) is 3. The molecule has 5 nitrogen and oxygen atoms in total.